The predicted octanol–water partition coefficient (Wildman–Crippen LogP) is 3.45. The molecular formula is C14H22Br2O4. The molecule has 4 nitrogen and oxygen atoms in total. The largest absolute Gasteiger partial charge is 0.464 e. The molecule has 1 aliphatic carbocycles. The Morgan fingerprint density at radius 3 is 1.40 bits per heavy atom. The van der Waals surface area contributed by atoms with Crippen molar-refractivity contribution < 1.29 is 19.1 Å². The molecule has 1 rings (SSSR count). The predicted molar refractivity (Wildman–Crippen MR) is 84.2 cm³/mol. The van der Waals surface area contributed by atoms with Crippen molar-refractivity contribution in [2.24, 2.45) is 10.8 Å². The van der Waals surface area contributed by atoms with Gasteiger partial charge in [-0.1, -0.05) is 31.9 Å². The Kier molecular flexibility index (Phi) is 6.98. The molecule has 0 radical (unpaired) electrons. The summed E-state index contributed by atoms with van der Waals surface area (Å²) >= 11 is 6.48. The molecule has 0 aromatic carbocycles. The van der Waals surface area contributed by atoms with E-state index in [0.29, 0.717) is 49.6 Å². The number of hydrogen-bond donors (Lipinski definition) is 0. The molecule has 6 heteroatoms. The van der Waals surface area contributed by atoms with Gasteiger partial charge in [0, 0.05) is 10.7 Å². The molecule has 0 amide bonds. The van der Waals surface area contributed by atoms with Crippen LogP contribution in [0.15, 0.2) is 0 Å². The fourth-order valence-electron chi connectivity index (χ4n) is 2.37. The van der Waals surface area contributed by atoms with E-state index < -0.39 is 10.8 Å². The zero-order valence-electron chi connectivity index (χ0n) is 12.0. The lowest BCUT2D eigenvalue weighted by molar-refractivity contribution is -0.165. The van der Waals surface area contributed by atoms with E-state index in [9.17, 15) is 9.59 Å². The van der Waals surface area contributed by atoms with E-state index in [0.717, 1.165) is 0 Å². The zero-order chi connectivity index (χ0) is 15.2. The number of rotatable bonds is 6. The highest BCUT2D eigenvalue weighted by Crippen LogP contribution is 2.46. The molecular weight excluding hydrogens is 392 g/mol. The normalized spacial score (nSPS) is 29.8. The highest BCUT2D eigenvalue weighted by molar-refractivity contribution is 9.09. The molecule has 0 bridgehead atoms. The summed E-state index contributed by atoms with van der Waals surface area (Å²) in [7, 11) is 0. The second kappa shape index (κ2) is 7.78. The fraction of sp³-hybridized carbons (Fsp3) is 0.857. The van der Waals surface area contributed by atoms with Crippen LogP contribution in [0.3, 0.4) is 0 Å². The zero-order valence-corrected chi connectivity index (χ0v) is 15.2. The van der Waals surface area contributed by atoms with Crippen LogP contribution >= 0.6 is 31.9 Å². The van der Waals surface area contributed by atoms with Crippen molar-refractivity contribution >= 4 is 43.8 Å². The van der Waals surface area contributed by atoms with Gasteiger partial charge in [0.05, 0.1) is 10.8 Å². The van der Waals surface area contributed by atoms with Gasteiger partial charge in [0.15, 0.2) is 0 Å². The fourth-order valence-corrected chi connectivity index (χ4v) is 2.70. The van der Waals surface area contributed by atoms with E-state index in [1.54, 1.807) is 0 Å². The van der Waals surface area contributed by atoms with E-state index in [2.05, 4.69) is 31.9 Å². The summed E-state index contributed by atoms with van der Waals surface area (Å²) in [6.07, 6.45) is 2.64. The minimum Gasteiger partial charge on any atom is -0.464 e. The van der Waals surface area contributed by atoms with Gasteiger partial charge >= 0.3 is 11.9 Å². The molecule has 20 heavy (non-hydrogen) atoms. The average Bonchev–Trinajstić information content (AvgIpc) is 2.45. The Hall–Kier alpha value is -0.100. The molecule has 0 aliphatic heterocycles. The molecule has 0 aromatic rings. The second-order valence-corrected chi connectivity index (χ2v) is 7.36. The molecule has 1 saturated carbocycles. The molecule has 0 heterocycles. The van der Waals surface area contributed by atoms with Crippen molar-refractivity contribution in [2.75, 3.05) is 23.9 Å². The molecule has 0 atom stereocenters. The van der Waals surface area contributed by atoms with Crippen molar-refractivity contribution in [3.05, 3.63) is 0 Å². The summed E-state index contributed by atoms with van der Waals surface area (Å²) in [6, 6.07) is 0. The Labute approximate surface area is 137 Å². The number of carbonyl (C=O) groups is 2. The second-order valence-electron chi connectivity index (χ2n) is 5.77. The van der Waals surface area contributed by atoms with Crippen molar-refractivity contribution in [3.8, 4) is 0 Å². The van der Waals surface area contributed by atoms with Crippen molar-refractivity contribution in [1.82, 2.24) is 0 Å². The Bertz CT molecular complexity index is 315. The van der Waals surface area contributed by atoms with Crippen LogP contribution in [0, 0.1) is 10.8 Å². The Balaban J connectivity index is 2.57. The minimum atomic E-state index is -0.475. The minimum absolute atomic E-state index is 0.159. The van der Waals surface area contributed by atoms with E-state index in [1.165, 1.54) is 0 Å². The summed E-state index contributed by atoms with van der Waals surface area (Å²) in [5.41, 5.74) is -0.950. The van der Waals surface area contributed by atoms with Gasteiger partial charge in [-0.25, -0.2) is 0 Å². The molecule has 0 spiro atoms. The maximum Gasteiger partial charge on any atom is 0.311 e. The van der Waals surface area contributed by atoms with Gasteiger partial charge in [0.1, 0.15) is 13.2 Å². The molecule has 0 aromatic heterocycles. The number of alkyl halides is 2. The lowest BCUT2D eigenvalue weighted by Crippen LogP contribution is -2.41. The van der Waals surface area contributed by atoms with Gasteiger partial charge in [-0.2, -0.15) is 0 Å². The number of halogens is 2. The molecule has 0 saturated heterocycles. The molecule has 1 fully saturated rings. The molecule has 0 unspecified atom stereocenters. The first kappa shape index (κ1) is 18.0. The highest BCUT2D eigenvalue weighted by Gasteiger charge is 2.46. The summed E-state index contributed by atoms with van der Waals surface area (Å²) in [4.78, 5) is 24.1. The standard InChI is InChI=1S/C14H22Br2O4/c1-13(11(17)19-9-7-15)3-5-14(2,6-4-13)12(18)20-10-8-16/h3-10H2,1-2H3. The summed E-state index contributed by atoms with van der Waals surface area (Å²) < 4.78 is 10.4. The van der Waals surface area contributed by atoms with Crippen LogP contribution < -0.4 is 0 Å². The SMILES string of the molecule is CC1(C(=O)OCCBr)CCC(C)(C(=O)OCCBr)CC1. The highest BCUT2D eigenvalue weighted by atomic mass is 79.9. The van der Waals surface area contributed by atoms with Crippen molar-refractivity contribution in [1.29, 1.82) is 0 Å². The van der Waals surface area contributed by atoms with Gasteiger partial charge in [0.25, 0.3) is 0 Å². The lowest BCUT2D eigenvalue weighted by atomic mass is 9.65. The average molecular weight is 414 g/mol. The number of esters is 2. The number of hydrogen-bond acceptors (Lipinski definition) is 4. The van der Waals surface area contributed by atoms with Gasteiger partial charge < -0.3 is 9.47 Å². The Morgan fingerprint density at radius 2 is 1.15 bits per heavy atom. The molecule has 0 N–H and O–H groups in total. The maximum atomic E-state index is 12.1. The number of ether oxygens (including phenoxy) is 2. The molecule has 1 aliphatic rings. The van der Waals surface area contributed by atoms with Gasteiger partial charge in [-0.3, -0.25) is 9.59 Å². The van der Waals surface area contributed by atoms with E-state index >= 15 is 0 Å². The Morgan fingerprint density at radius 1 is 0.850 bits per heavy atom. The number of carbonyl (C=O) groups excluding carboxylic acids is 2. The topological polar surface area (TPSA) is 52.6 Å². The lowest BCUT2D eigenvalue weighted by Gasteiger charge is -2.39. The van der Waals surface area contributed by atoms with Gasteiger partial charge in [0.2, 0.25) is 0 Å². The van der Waals surface area contributed by atoms with Crippen LogP contribution in [0.1, 0.15) is 39.5 Å². The van der Waals surface area contributed by atoms with Crippen LogP contribution in [0.2, 0.25) is 0 Å². The monoisotopic (exact) mass is 412 g/mol. The van der Waals surface area contributed by atoms with Gasteiger partial charge in [-0.05, 0) is 39.5 Å². The third-order valence-corrected chi connectivity index (χ3v) is 4.71. The summed E-state index contributed by atoms with van der Waals surface area (Å²) in [5.74, 6) is -0.319. The first-order valence-electron chi connectivity index (χ1n) is 6.84. The summed E-state index contributed by atoms with van der Waals surface area (Å²) in [5, 5.41) is 1.29. The van der Waals surface area contributed by atoms with Crippen LogP contribution in [0.25, 0.3) is 0 Å². The summed E-state index contributed by atoms with van der Waals surface area (Å²) in [6.45, 7) is 4.62. The van der Waals surface area contributed by atoms with Gasteiger partial charge in [-0.15, -0.1) is 0 Å². The first-order chi connectivity index (χ1) is 9.38. The van der Waals surface area contributed by atoms with Crippen LogP contribution in [-0.4, -0.2) is 35.8 Å². The van der Waals surface area contributed by atoms with E-state index in [1.807, 2.05) is 13.8 Å². The quantitative estimate of drug-likeness (QED) is 0.494. The van der Waals surface area contributed by atoms with Crippen LogP contribution in [-0.2, 0) is 19.1 Å². The molecule has 116 valence electrons. The van der Waals surface area contributed by atoms with Crippen molar-refractivity contribution in [3.63, 3.8) is 0 Å². The first-order valence-corrected chi connectivity index (χ1v) is 9.09. The van der Waals surface area contributed by atoms with E-state index in [-0.39, 0.29) is 11.9 Å². The smallest absolute Gasteiger partial charge is 0.311 e. The van der Waals surface area contributed by atoms with Crippen LogP contribution in [0.4, 0.5) is 0 Å². The third-order valence-electron chi connectivity index (χ3n) is 4.06. The third kappa shape index (κ3) is 4.45. The maximum absolute atomic E-state index is 12.1. The van der Waals surface area contributed by atoms with Crippen molar-refractivity contribution in [2.45, 2.75) is 39.5 Å². The van der Waals surface area contributed by atoms with E-state index in [4.69, 9.17) is 9.47 Å². The van der Waals surface area contributed by atoms with Crippen LogP contribution in [0.5, 0.6) is 0 Å².